The Bertz CT molecular complexity index is 914. The molecule has 2 bridgehead atoms. The van der Waals surface area contributed by atoms with E-state index in [9.17, 15) is 30.0 Å². The van der Waals surface area contributed by atoms with Gasteiger partial charge in [-0.05, 0) is 31.3 Å². The second kappa shape index (κ2) is 7.18. The van der Waals surface area contributed by atoms with Crippen molar-refractivity contribution in [3.8, 4) is 0 Å². The Morgan fingerprint density at radius 1 is 1.21 bits per heavy atom. The SMILES string of the molecule is CC(C)C(=O)CC[C@]1(C)CC[C@]2(C)[C@H](CC=C3C(O)C4(O)COC5O[C@H]2[C@@H]3C5(O)C4O)C1=O. The zero-order chi connectivity index (χ0) is 24.1. The topological polar surface area (TPSA) is 134 Å². The van der Waals surface area contributed by atoms with E-state index in [1.165, 1.54) is 0 Å². The number of hydrogen-bond acceptors (Lipinski definition) is 8. The summed E-state index contributed by atoms with van der Waals surface area (Å²) in [7, 11) is 0. The summed E-state index contributed by atoms with van der Waals surface area (Å²) >= 11 is 0. The van der Waals surface area contributed by atoms with Crippen LogP contribution in [0.15, 0.2) is 11.6 Å². The Morgan fingerprint density at radius 2 is 1.91 bits per heavy atom. The number of fused-ring (bicyclic) bond motifs is 3. The van der Waals surface area contributed by atoms with Crippen LogP contribution in [0.25, 0.3) is 0 Å². The molecule has 0 aromatic heterocycles. The van der Waals surface area contributed by atoms with Crippen molar-refractivity contribution in [1.29, 1.82) is 0 Å². The molecule has 0 aromatic rings. The molecule has 2 heterocycles. The number of aliphatic hydroxyl groups excluding tert-OH is 2. The molecule has 3 aliphatic carbocycles. The number of carbonyl (C=O) groups excluding carboxylic acids is 2. The summed E-state index contributed by atoms with van der Waals surface area (Å²) in [5.74, 6) is -1.07. The van der Waals surface area contributed by atoms with Gasteiger partial charge in [0.05, 0.1) is 12.7 Å². The van der Waals surface area contributed by atoms with E-state index in [0.717, 1.165) is 0 Å². The fourth-order valence-corrected chi connectivity index (χ4v) is 7.24. The standard InChI is InChI=1S/C25H36O8/c1-12(2)15(26)7-8-22(3)9-10-23(4)14(18(22)28)6-5-13-16-19(23)33-21-25(16,31)20(29)24(30,11-32-21)17(13)27/h5,12,14,16-17,19-21,27,29-31H,6-11H2,1-4H3/t14-,16-,17?,19+,20?,21?,22-,23-,24?,25?/m1/s1. The van der Waals surface area contributed by atoms with Crippen LogP contribution < -0.4 is 0 Å². The van der Waals surface area contributed by atoms with E-state index in [1.807, 2.05) is 27.7 Å². The van der Waals surface area contributed by atoms with Crippen molar-refractivity contribution < 1.29 is 39.5 Å². The fourth-order valence-electron chi connectivity index (χ4n) is 7.24. The molecule has 184 valence electrons. The van der Waals surface area contributed by atoms with Gasteiger partial charge in [0.2, 0.25) is 0 Å². The van der Waals surface area contributed by atoms with Crippen LogP contribution in [0.3, 0.4) is 0 Å². The number of ketones is 2. The summed E-state index contributed by atoms with van der Waals surface area (Å²) < 4.78 is 11.8. The molecule has 10 atom stereocenters. The van der Waals surface area contributed by atoms with Crippen LogP contribution in [0.4, 0.5) is 0 Å². The maximum atomic E-state index is 13.9. The van der Waals surface area contributed by atoms with Gasteiger partial charge < -0.3 is 29.9 Å². The molecular weight excluding hydrogens is 428 g/mol. The first kappa shape index (κ1) is 23.6. The Kier molecular flexibility index (Phi) is 5.13. The van der Waals surface area contributed by atoms with Gasteiger partial charge in [-0.1, -0.05) is 33.8 Å². The van der Waals surface area contributed by atoms with Crippen LogP contribution in [0.2, 0.25) is 0 Å². The van der Waals surface area contributed by atoms with E-state index in [0.29, 0.717) is 37.7 Å². The third kappa shape index (κ3) is 2.85. The number of allylic oxidation sites excluding steroid dienone is 1. The van der Waals surface area contributed by atoms with Crippen molar-refractivity contribution in [3.63, 3.8) is 0 Å². The molecule has 33 heavy (non-hydrogen) atoms. The Labute approximate surface area is 194 Å². The minimum Gasteiger partial charge on any atom is -0.387 e. The van der Waals surface area contributed by atoms with E-state index < -0.39 is 58.5 Å². The molecule has 0 aromatic carbocycles. The van der Waals surface area contributed by atoms with Crippen molar-refractivity contribution in [2.75, 3.05) is 6.61 Å². The van der Waals surface area contributed by atoms with Crippen LogP contribution in [-0.2, 0) is 19.1 Å². The Hall–Kier alpha value is -1.16. The molecule has 2 aliphatic heterocycles. The molecule has 2 saturated heterocycles. The van der Waals surface area contributed by atoms with Gasteiger partial charge in [0, 0.05) is 35.0 Å². The largest absolute Gasteiger partial charge is 0.387 e. The molecule has 5 unspecified atom stereocenters. The van der Waals surface area contributed by atoms with Gasteiger partial charge in [-0.25, -0.2) is 0 Å². The first-order valence-corrected chi connectivity index (χ1v) is 12.2. The maximum absolute atomic E-state index is 13.9. The van der Waals surface area contributed by atoms with Crippen molar-refractivity contribution in [3.05, 3.63) is 11.6 Å². The molecule has 8 heteroatoms. The average molecular weight is 465 g/mol. The maximum Gasteiger partial charge on any atom is 0.190 e. The number of carbonyl (C=O) groups is 2. The number of hydrogen-bond donors (Lipinski definition) is 4. The van der Waals surface area contributed by atoms with E-state index in [1.54, 1.807) is 6.08 Å². The lowest BCUT2D eigenvalue weighted by Gasteiger charge is -2.56. The summed E-state index contributed by atoms with van der Waals surface area (Å²) in [6.07, 6.45) is -0.694. The summed E-state index contributed by atoms with van der Waals surface area (Å²) in [5.41, 5.74) is -4.83. The molecule has 4 N–H and O–H groups in total. The quantitative estimate of drug-likeness (QED) is 0.451. The molecule has 0 amide bonds. The molecule has 5 aliphatic rings. The molecule has 5 rings (SSSR count). The van der Waals surface area contributed by atoms with Crippen molar-refractivity contribution >= 4 is 11.6 Å². The molecule has 4 fully saturated rings. The van der Waals surface area contributed by atoms with Gasteiger partial charge in [-0.15, -0.1) is 0 Å². The highest BCUT2D eigenvalue weighted by Crippen LogP contribution is 2.64. The predicted molar refractivity (Wildman–Crippen MR) is 116 cm³/mol. The van der Waals surface area contributed by atoms with Crippen molar-refractivity contribution in [2.45, 2.75) is 95.6 Å². The summed E-state index contributed by atoms with van der Waals surface area (Å²) in [6.45, 7) is 7.29. The van der Waals surface area contributed by atoms with Gasteiger partial charge in [-0.3, -0.25) is 9.59 Å². The fraction of sp³-hybridized carbons (Fsp3) is 0.840. The average Bonchev–Trinajstić information content (AvgIpc) is 3.03. The first-order chi connectivity index (χ1) is 15.3. The zero-order valence-corrected chi connectivity index (χ0v) is 19.8. The number of ether oxygens (including phenoxy) is 2. The minimum atomic E-state index is -2.04. The second-order valence-corrected chi connectivity index (χ2v) is 11.9. The van der Waals surface area contributed by atoms with Crippen LogP contribution in [0.5, 0.6) is 0 Å². The number of rotatable bonds is 4. The lowest BCUT2D eigenvalue weighted by atomic mass is 9.52. The molecule has 0 spiro atoms. The van der Waals surface area contributed by atoms with Gasteiger partial charge in [0.25, 0.3) is 0 Å². The van der Waals surface area contributed by atoms with Crippen LogP contribution in [-0.4, -0.2) is 74.4 Å². The number of Topliss-reactive ketones (excluding diaryl/α,β-unsaturated/α-hetero) is 2. The van der Waals surface area contributed by atoms with Gasteiger partial charge in [-0.2, -0.15) is 0 Å². The van der Waals surface area contributed by atoms with Crippen LogP contribution in [0.1, 0.15) is 59.8 Å². The third-order valence-corrected chi connectivity index (χ3v) is 9.70. The highest BCUT2D eigenvalue weighted by Gasteiger charge is 2.77. The third-order valence-electron chi connectivity index (χ3n) is 9.70. The Balaban J connectivity index is 1.52. The first-order valence-electron chi connectivity index (χ1n) is 12.2. The van der Waals surface area contributed by atoms with Gasteiger partial charge >= 0.3 is 0 Å². The van der Waals surface area contributed by atoms with Crippen molar-refractivity contribution in [2.24, 2.45) is 28.6 Å². The monoisotopic (exact) mass is 464 g/mol. The lowest BCUT2D eigenvalue weighted by molar-refractivity contribution is -0.341. The molecule has 2 saturated carbocycles. The zero-order valence-electron chi connectivity index (χ0n) is 19.8. The van der Waals surface area contributed by atoms with Crippen LogP contribution >= 0.6 is 0 Å². The van der Waals surface area contributed by atoms with E-state index >= 15 is 0 Å². The summed E-state index contributed by atoms with van der Waals surface area (Å²) in [6, 6.07) is 0. The molecular formula is C25H36O8. The summed E-state index contributed by atoms with van der Waals surface area (Å²) in [5, 5.41) is 44.6. The van der Waals surface area contributed by atoms with E-state index in [4.69, 9.17) is 9.47 Å². The second-order valence-electron chi connectivity index (χ2n) is 11.9. The Morgan fingerprint density at radius 3 is 2.58 bits per heavy atom. The normalized spacial score (nSPS) is 52.9. The van der Waals surface area contributed by atoms with E-state index in [2.05, 4.69) is 0 Å². The minimum absolute atomic E-state index is 0.0676. The van der Waals surface area contributed by atoms with Gasteiger partial charge in [0.1, 0.15) is 29.4 Å². The highest BCUT2D eigenvalue weighted by atomic mass is 16.7. The number of aliphatic hydroxyl groups is 4. The van der Waals surface area contributed by atoms with Crippen LogP contribution in [0, 0.1) is 28.6 Å². The molecule has 8 nitrogen and oxygen atoms in total. The smallest absolute Gasteiger partial charge is 0.190 e. The van der Waals surface area contributed by atoms with E-state index in [-0.39, 0.29) is 24.1 Å². The van der Waals surface area contributed by atoms with Crippen molar-refractivity contribution in [1.82, 2.24) is 0 Å². The highest BCUT2D eigenvalue weighted by molar-refractivity contribution is 5.89. The predicted octanol–water partition coefficient (Wildman–Crippen LogP) is 0.882. The lowest BCUT2D eigenvalue weighted by Crippen LogP contribution is -2.77. The summed E-state index contributed by atoms with van der Waals surface area (Å²) in [4.78, 5) is 26.2. The molecule has 0 radical (unpaired) electrons. The van der Waals surface area contributed by atoms with Gasteiger partial charge in [0.15, 0.2) is 11.9 Å².